The molecule has 6 nitrogen and oxygen atoms in total. The van der Waals surface area contributed by atoms with Crippen LogP contribution in [0.1, 0.15) is 36.6 Å². The zero-order valence-electron chi connectivity index (χ0n) is 15.6. The first-order valence-corrected chi connectivity index (χ1v) is 9.39. The van der Waals surface area contributed by atoms with Gasteiger partial charge in [-0.15, -0.1) is 0 Å². The van der Waals surface area contributed by atoms with Crippen LogP contribution in [0.3, 0.4) is 0 Å². The minimum Gasteiger partial charge on any atom is -0.497 e. The molecule has 1 aliphatic heterocycles. The van der Waals surface area contributed by atoms with Crippen LogP contribution >= 0.6 is 0 Å². The quantitative estimate of drug-likeness (QED) is 0.880. The molecule has 138 valence electrons. The van der Waals surface area contributed by atoms with Crippen molar-refractivity contribution in [2.45, 2.75) is 31.6 Å². The van der Waals surface area contributed by atoms with E-state index in [4.69, 9.17) is 15.5 Å². The minimum atomic E-state index is -0.179. The van der Waals surface area contributed by atoms with E-state index < -0.39 is 0 Å². The molecule has 1 aliphatic carbocycles. The molecule has 0 saturated carbocycles. The monoisotopic (exact) mass is 353 g/mol. The Balaban J connectivity index is 1.83. The van der Waals surface area contributed by atoms with Gasteiger partial charge in [-0.3, -0.25) is 0 Å². The lowest BCUT2D eigenvalue weighted by atomic mass is 9.70. The normalized spacial score (nSPS) is 22.8. The molecule has 6 heteroatoms. The number of ether oxygens (including phenoxy) is 1. The highest BCUT2D eigenvalue weighted by molar-refractivity contribution is 5.57. The number of rotatable bonds is 3. The van der Waals surface area contributed by atoms with Crippen molar-refractivity contribution in [3.63, 3.8) is 0 Å². The van der Waals surface area contributed by atoms with Gasteiger partial charge in [-0.2, -0.15) is 4.98 Å². The lowest BCUT2D eigenvalue weighted by Gasteiger charge is -2.38. The van der Waals surface area contributed by atoms with Crippen molar-refractivity contribution in [2.75, 3.05) is 43.9 Å². The molecule has 1 unspecified atom stereocenters. The second kappa shape index (κ2) is 6.76. The zero-order valence-corrected chi connectivity index (χ0v) is 15.6. The van der Waals surface area contributed by atoms with E-state index in [0.717, 1.165) is 62.7 Å². The number of anilines is 2. The van der Waals surface area contributed by atoms with Crippen LogP contribution < -0.4 is 20.7 Å². The van der Waals surface area contributed by atoms with Crippen molar-refractivity contribution < 1.29 is 4.74 Å². The van der Waals surface area contributed by atoms with Crippen LogP contribution in [0.25, 0.3) is 0 Å². The Morgan fingerprint density at radius 2 is 2.04 bits per heavy atom. The number of nitrogens with two attached hydrogens (primary N) is 1. The van der Waals surface area contributed by atoms with Gasteiger partial charge in [0.15, 0.2) is 0 Å². The third kappa shape index (κ3) is 2.88. The van der Waals surface area contributed by atoms with E-state index in [0.29, 0.717) is 5.95 Å². The number of hydrogen-bond acceptors (Lipinski definition) is 6. The maximum absolute atomic E-state index is 6.16. The fourth-order valence-corrected chi connectivity index (χ4v) is 4.30. The maximum atomic E-state index is 6.16. The highest BCUT2D eigenvalue weighted by Gasteiger charge is 2.38. The second-order valence-electron chi connectivity index (χ2n) is 7.39. The van der Waals surface area contributed by atoms with E-state index in [9.17, 15) is 0 Å². The van der Waals surface area contributed by atoms with Gasteiger partial charge in [0.05, 0.1) is 12.8 Å². The van der Waals surface area contributed by atoms with Gasteiger partial charge in [-0.05, 0) is 43.9 Å². The van der Waals surface area contributed by atoms with E-state index >= 15 is 0 Å². The van der Waals surface area contributed by atoms with Gasteiger partial charge in [-0.1, -0.05) is 12.1 Å². The SMILES string of the molecule is COc1cccc(C2(C)CCCc3c(N4CCNCC4)nc(N)nc32)c1. The summed E-state index contributed by atoms with van der Waals surface area (Å²) in [4.78, 5) is 11.7. The summed E-state index contributed by atoms with van der Waals surface area (Å²) in [6.07, 6.45) is 3.17. The molecule has 0 amide bonds. The fourth-order valence-electron chi connectivity index (χ4n) is 4.30. The van der Waals surface area contributed by atoms with Crippen molar-refractivity contribution in [3.8, 4) is 5.75 Å². The highest BCUT2D eigenvalue weighted by Crippen LogP contribution is 2.44. The van der Waals surface area contributed by atoms with Crippen LogP contribution in [0.15, 0.2) is 24.3 Å². The van der Waals surface area contributed by atoms with Crippen molar-refractivity contribution in [2.24, 2.45) is 0 Å². The summed E-state index contributed by atoms with van der Waals surface area (Å²) in [6.45, 7) is 6.14. The second-order valence-corrected chi connectivity index (χ2v) is 7.39. The third-order valence-electron chi connectivity index (χ3n) is 5.75. The molecule has 1 saturated heterocycles. The first kappa shape index (κ1) is 17.1. The molecular weight excluding hydrogens is 326 g/mol. The van der Waals surface area contributed by atoms with Crippen molar-refractivity contribution in [1.82, 2.24) is 15.3 Å². The minimum absolute atomic E-state index is 0.179. The molecule has 0 spiro atoms. The predicted octanol–water partition coefficient (Wildman–Crippen LogP) is 2.12. The molecule has 1 fully saturated rings. The molecule has 2 aromatic rings. The Kier molecular flexibility index (Phi) is 4.44. The Morgan fingerprint density at radius 1 is 1.23 bits per heavy atom. The van der Waals surface area contributed by atoms with Gasteiger partial charge in [0.2, 0.25) is 5.95 Å². The number of aromatic nitrogens is 2. The first-order chi connectivity index (χ1) is 12.6. The molecule has 4 rings (SSSR count). The van der Waals surface area contributed by atoms with Crippen LogP contribution in [-0.4, -0.2) is 43.3 Å². The zero-order chi connectivity index (χ0) is 18.1. The van der Waals surface area contributed by atoms with Gasteiger partial charge < -0.3 is 20.7 Å². The number of hydrogen-bond donors (Lipinski definition) is 2. The summed E-state index contributed by atoms with van der Waals surface area (Å²) < 4.78 is 5.45. The highest BCUT2D eigenvalue weighted by atomic mass is 16.5. The molecule has 26 heavy (non-hydrogen) atoms. The Hall–Kier alpha value is -2.34. The standard InChI is InChI=1S/C20H27N5O/c1-20(14-5-3-6-15(13-14)26-2)8-4-7-16-17(20)23-19(21)24-18(16)25-11-9-22-10-12-25/h3,5-6,13,22H,4,7-12H2,1-2H3,(H2,21,23,24). The van der Waals surface area contributed by atoms with Crippen LogP contribution in [0, 0.1) is 0 Å². The van der Waals surface area contributed by atoms with E-state index in [2.05, 4.69) is 40.3 Å². The number of piperazine rings is 1. The molecule has 2 heterocycles. The maximum Gasteiger partial charge on any atom is 0.222 e. The van der Waals surface area contributed by atoms with Gasteiger partial charge in [-0.25, -0.2) is 4.98 Å². The molecule has 1 atom stereocenters. The number of benzene rings is 1. The molecular formula is C20H27N5O. The van der Waals surface area contributed by atoms with Crippen LogP contribution in [0.2, 0.25) is 0 Å². The first-order valence-electron chi connectivity index (χ1n) is 9.39. The number of methoxy groups -OCH3 is 1. The van der Waals surface area contributed by atoms with Crippen LogP contribution in [-0.2, 0) is 11.8 Å². The summed E-state index contributed by atoms with van der Waals surface area (Å²) in [5.74, 6) is 2.27. The van der Waals surface area contributed by atoms with Crippen LogP contribution in [0.4, 0.5) is 11.8 Å². The number of fused-ring (bicyclic) bond motifs is 1. The number of nitrogen functional groups attached to an aromatic ring is 1. The molecule has 0 radical (unpaired) electrons. The van der Waals surface area contributed by atoms with Gasteiger partial charge in [0.1, 0.15) is 11.6 Å². The summed E-state index contributed by atoms with van der Waals surface area (Å²) in [5, 5.41) is 3.40. The van der Waals surface area contributed by atoms with Gasteiger partial charge in [0, 0.05) is 37.2 Å². The molecule has 3 N–H and O–H groups in total. The smallest absolute Gasteiger partial charge is 0.222 e. The van der Waals surface area contributed by atoms with E-state index in [1.165, 1.54) is 11.1 Å². The van der Waals surface area contributed by atoms with E-state index in [1.54, 1.807) is 7.11 Å². The molecule has 1 aromatic carbocycles. The fraction of sp³-hybridized carbons (Fsp3) is 0.500. The molecule has 0 bridgehead atoms. The third-order valence-corrected chi connectivity index (χ3v) is 5.75. The number of nitrogens with zero attached hydrogens (tertiary/aromatic N) is 3. The van der Waals surface area contributed by atoms with Crippen molar-refractivity contribution in [3.05, 3.63) is 41.1 Å². The summed E-state index contributed by atoms with van der Waals surface area (Å²) >= 11 is 0. The van der Waals surface area contributed by atoms with Crippen molar-refractivity contribution >= 4 is 11.8 Å². The topological polar surface area (TPSA) is 76.3 Å². The Morgan fingerprint density at radius 3 is 2.81 bits per heavy atom. The molecule has 1 aromatic heterocycles. The van der Waals surface area contributed by atoms with Gasteiger partial charge in [0.25, 0.3) is 0 Å². The summed E-state index contributed by atoms with van der Waals surface area (Å²) in [7, 11) is 1.71. The van der Waals surface area contributed by atoms with Crippen LogP contribution in [0.5, 0.6) is 5.75 Å². The average Bonchev–Trinajstić information content (AvgIpc) is 2.69. The van der Waals surface area contributed by atoms with E-state index in [-0.39, 0.29) is 5.41 Å². The van der Waals surface area contributed by atoms with E-state index in [1.807, 2.05) is 6.07 Å². The van der Waals surface area contributed by atoms with Crippen molar-refractivity contribution in [1.29, 1.82) is 0 Å². The summed E-state index contributed by atoms with van der Waals surface area (Å²) in [5.41, 5.74) is 9.54. The average molecular weight is 353 g/mol. The lowest BCUT2D eigenvalue weighted by molar-refractivity contribution is 0.408. The largest absolute Gasteiger partial charge is 0.497 e. The predicted molar refractivity (Wildman–Crippen MR) is 104 cm³/mol. The Bertz CT molecular complexity index is 803. The Labute approximate surface area is 154 Å². The molecule has 2 aliphatic rings. The lowest BCUT2D eigenvalue weighted by Crippen LogP contribution is -2.45. The number of nitrogens with one attached hydrogen (secondary N) is 1. The summed E-state index contributed by atoms with van der Waals surface area (Å²) in [6, 6.07) is 8.32. The van der Waals surface area contributed by atoms with Gasteiger partial charge >= 0.3 is 0 Å².